The largest absolute Gasteiger partial charge is 0.355 e. The summed E-state index contributed by atoms with van der Waals surface area (Å²) in [5.74, 6) is 0.835. The smallest absolute Gasteiger partial charge is 0.353 e. The molecular formula is C18H29N5O3. The summed E-state index contributed by atoms with van der Waals surface area (Å²) in [4.78, 5) is 44.9. The maximum Gasteiger partial charge on any atom is 0.355 e. The first-order chi connectivity index (χ1) is 12.5. The molecule has 0 unspecified atom stereocenters. The highest BCUT2D eigenvalue weighted by Crippen LogP contribution is 2.27. The topological polar surface area (TPSA) is 100 Å². The van der Waals surface area contributed by atoms with Crippen molar-refractivity contribution in [3.05, 3.63) is 21.0 Å². The highest BCUT2D eigenvalue weighted by atomic mass is 16.2. The van der Waals surface area contributed by atoms with Gasteiger partial charge < -0.3 is 10.2 Å². The third kappa shape index (κ3) is 4.16. The third-order valence-corrected chi connectivity index (χ3v) is 5.85. The van der Waals surface area contributed by atoms with Crippen LogP contribution in [0.2, 0.25) is 0 Å². The zero-order chi connectivity index (χ0) is 18.7. The zero-order valence-electron chi connectivity index (χ0n) is 15.7. The Bertz CT molecular complexity index is 711. The standard InChI is InChI=1S/C18H29N5O3/c1-12(14-6-4-3-5-7-14)19-16-20-17(25)23(18(26)21-16)15-8-10-22(11-9-15)13(2)24/h12,14-15H,3-11H2,1-2H3,(H2,19,20,21,25,26)/t12-/m0/s1. The number of piperidine rings is 1. The van der Waals surface area contributed by atoms with Crippen molar-refractivity contribution in [1.29, 1.82) is 0 Å². The van der Waals surface area contributed by atoms with Crippen molar-refractivity contribution in [2.75, 3.05) is 18.4 Å². The van der Waals surface area contributed by atoms with E-state index in [1.54, 1.807) is 4.90 Å². The average molecular weight is 363 g/mol. The van der Waals surface area contributed by atoms with E-state index in [9.17, 15) is 14.4 Å². The van der Waals surface area contributed by atoms with Gasteiger partial charge >= 0.3 is 11.4 Å². The maximum atomic E-state index is 12.5. The molecule has 0 bridgehead atoms. The van der Waals surface area contributed by atoms with Gasteiger partial charge in [-0.2, -0.15) is 4.98 Å². The van der Waals surface area contributed by atoms with Crippen molar-refractivity contribution in [3.63, 3.8) is 0 Å². The van der Waals surface area contributed by atoms with Crippen LogP contribution in [0, 0.1) is 5.92 Å². The van der Waals surface area contributed by atoms with Gasteiger partial charge in [-0.25, -0.2) is 14.2 Å². The first-order valence-electron chi connectivity index (χ1n) is 9.70. The second kappa shape index (κ2) is 8.05. The van der Waals surface area contributed by atoms with E-state index < -0.39 is 11.4 Å². The number of hydrogen-bond acceptors (Lipinski definition) is 5. The number of carbonyl (C=O) groups is 1. The van der Waals surface area contributed by atoms with E-state index in [0.717, 1.165) is 0 Å². The highest BCUT2D eigenvalue weighted by Gasteiger charge is 2.25. The summed E-state index contributed by atoms with van der Waals surface area (Å²) in [7, 11) is 0. The highest BCUT2D eigenvalue weighted by molar-refractivity contribution is 5.73. The van der Waals surface area contributed by atoms with Crippen LogP contribution in [0.25, 0.3) is 0 Å². The molecule has 8 nitrogen and oxygen atoms in total. The number of nitrogens with zero attached hydrogens (tertiary/aromatic N) is 3. The zero-order valence-corrected chi connectivity index (χ0v) is 15.7. The van der Waals surface area contributed by atoms with Crippen molar-refractivity contribution in [2.24, 2.45) is 5.92 Å². The molecule has 1 saturated carbocycles. The molecule has 2 heterocycles. The maximum absolute atomic E-state index is 12.5. The molecule has 1 atom stereocenters. The normalized spacial score (nSPS) is 20.8. The van der Waals surface area contributed by atoms with Gasteiger partial charge in [0.2, 0.25) is 11.9 Å². The Morgan fingerprint density at radius 1 is 1.15 bits per heavy atom. The quantitative estimate of drug-likeness (QED) is 0.844. The summed E-state index contributed by atoms with van der Waals surface area (Å²) < 4.78 is 1.20. The molecule has 0 radical (unpaired) electrons. The molecule has 1 aromatic heterocycles. The van der Waals surface area contributed by atoms with Gasteiger partial charge in [-0.15, -0.1) is 0 Å². The number of hydrogen-bond donors (Lipinski definition) is 2. The van der Waals surface area contributed by atoms with Gasteiger partial charge in [-0.05, 0) is 38.5 Å². The number of H-pyrrole nitrogens is 1. The number of nitrogens with one attached hydrogen (secondary N) is 2. The van der Waals surface area contributed by atoms with E-state index in [4.69, 9.17) is 0 Å². The predicted octanol–water partition coefficient (Wildman–Crippen LogP) is 1.50. The number of carbonyl (C=O) groups excluding carboxylic acids is 1. The lowest BCUT2D eigenvalue weighted by Gasteiger charge is -2.31. The van der Waals surface area contributed by atoms with Crippen LogP contribution >= 0.6 is 0 Å². The Hall–Kier alpha value is -2.12. The summed E-state index contributed by atoms with van der Waals surface area (Å²) >= 11 is 0. The summed E-state index contributed by atoms with van der Waals surface area (Å²) in [6, 6.07) is -0.0355. The fraction of sp³-hybridized carbons (Fsp3) is 0.778. The Balaban J connectivity index is 1.69. The summed E-state index contributed by atoms with van der Waals surface area (Å²) in [5.41, 5.74) is -0.946. The van der Waals surface area contributed by atoms with Gasteiger partial charge in [-0.1, -0.05) is 19.3 Å². The first kappa shape index (κ1) is 18.7. The Kier molecular flexibility index (Phi) is 5.78. The molecule has 1 aliphatic carbocycles. The molecule has 0 aromatic carbocycles. The number of anilines is 1. The van der Waals surface area contributed by atoms with E-state index in [-0.39, 0.29) is 23.9 Å². The van der Waals surface area contributed by atoms with Crippen LogP contribution in [0.15, 0.2) is 9.59 Å². The van der Waals surface area contributed by atoms with Gasteiger partial charge in [0.1, 0.15) is 0 Å². The van der Waals surface area contributed by atoms with Crippen LogP contribution in [0.3, 0.4) is 0 Å². The van der Waals surface area contributed by atoms with Crippen LogP contribution in [0.4, 0.5) is 5.95 Å². The van der Waals surface area contributed by atoms with E-state index >= 15 is 0 Å². The minimum atomic E-state index is -0.520. The minimum absolute atomic E-state index is 0.0269. The van der Waals surface area contributed by atoms with Crippen molar-refractivity contribution in [3.8, 4) is 0 Å². The molecule has 2 N–H and O–H groups in total. The number of aromatic amines is 1. The Morgan fingerprint density at radius 2 is 1.81 bits per heavy atom. The Morgan fingerprint density at radius 3 is 2.38 bits per heavy atom. The molecule has 1 aromatic rings. The molecule has 2 aliphatic rings. The van der Waals surface area contributed by atoms with E-state index in [2.05, 4.69) is 22.2 Å². The lowest BCUT2D eigenvalue weighted by molar-refractivity contribution is -0.130. The minimum Gasteiger partial charge on any atom is -0.353 e. The number of likely N-dealkylation sites (tertiary alicyclic amines) is 1. The monoisotopic (exact) mass is 363 g/mol. The van der Waals surface area contributed by atoms with E-state index in [0.29, 0.717) is 31.8 Å². The number of rotatable bonds is 4. The van der Waals surface area contributed by atoms with Gasteiger partial charge in [0.15, 0.2) is 0 Å². The molecule has 3 rings (SSSR count). The molecule has 2 fully saturated rings. The summed E-state index contributed by atoms with van der Waals surface area (Å²) in [5, 5.41) is 3.21. The fourth-order valence-corrected chi connectivity index (χ4v) is 4.22. The van der Waals surface area contributed by atoms with Crippen LogP contribution < -0.4 is 16.7 Å². The van der Waals surface area contributed by atoms with Crippen molar-refractivity contribution in [1.82, 2.24) is 19.4 Å². The molecule has 1 aliphatic heterocycles. The van der Waals surface area contributed by atoms with Crippen molar-refractivity contribution in [2.45, 2.75) is 70.9 Å². The second-order valence-electron chi connectivity index (χ2n) is 7.61. The number of amides is 1. The molecule has 0 spiro atoms. The molecule has 8 heteroatoms. The number of aromatic nitrogens is 3. The Labute approximate surface area is 153 Å². The fourth-order valence-electron chi connectivity index (χ4n) is 4.22. The van der Waals surface area contributed by atoms with E-state index in [1.165, 1.54) is 43.6 Å². The lowest BCUT2D eigenvalue weighted by atomic mass is 9.85. The van der Waals surface area contributed by atoms with E-state index in [1.807, 2.05) is 0 Å². The van der Waals surface area contributed by atoms with Crippen LogP contribution in [-0.2, 0) is 4.79 Å². The second-order valence-corrected chi connectivity index (χ2v) is 7.61. The third-order valence-electron chi connectivity index (χ3n) is 5.85. The SMILES string of the molecule is CC(=O)N1CCC(n2c(=O)nc(N[C@@H](C)C3CCCCC3)[nH]c2=O)CC1. The average Bonchev–Trinajstić information content (AvgIpc) is 2.62. The van der Waals surface area contributed by atoms with Gasteiger partial charge in [0.25, 0.3) is 0 Å². The molecule has 1 amide bonds. The predicted molar refractivity (Wildman–Crippen MR) is 99.3 cm³/mol. The van der Waals surface area contributed by atoms with Crippen molar-refractivity contribution >= 4 is 11.9 Å². The summed E-state index contributed by atoms with van der Waals surface area (Å²) in [6.45, 7) is 4.74. The lowest BCUT2D eigenvalue weighted by Crippen LogP contribution is -2.46. The van der Waals surface area contributed by atoms with Crippen LogP contribution in [-0.4, -0.2) is 44.5 Å². The van der Waals surface area contributed by atoms with Crippen LogP contribution in [0.5, 0.6) is 0 Å². The van der Waals surface area contributed by atoms with Crippen LogP contribution in [0.1, 0.15) is 64.8 Å². The van der Waals surface area contributed by atoms with Crippen molar-refractivity contribution < 1.29 is 4.79 Å². The first-order valence-corrected chi connectivity index (χ1v) is 9.70. The van der Waals surface area contributed by atoms with Gasteiger partial charge in [0, 0.05) is 32.1 Å². The molecule has 26 heavy (non-hydrogen) atoms. The van der Waals surface area contributed by atoms with Gasteiger partial charge in [0.05, 0.1) is 0 Å². The molecular weight excluding hydrogens is 334 g/mol. The molecule has 1 saturated heterocycles. The van der Waals surface area contributed by atoms with Gasteiger partial charge in [-0.3, -0.25) is 9.78 Å². The molecule has 144 valence electrons. The summed E-state index contributed by atoms with van der Waals surface area (Å²) in [6.07, 6.45) is 7.29.